The molecule has 0 fully saturated rings. The second-order valence-electron chi connectivity index (χ2n) is 7.55. The lowest BCUT2D eigenvalue weighted by Gasteiger charge is -2.22. The molecule has 0 spiro atoms. The number of sulfonamides is 1. The van der Waals surface area contributed by atoms with E-state index in [1.54, 1.807) is 38.1 Å². The Bertz CT molecular complexity index is 1250. The molecule has 1 heterocycles. The molecule has 0 saturated heterocycles. The number of nitrogens with zero attached hydrogens (tertiary/aromatic N) is 2. The van der Waals surface area contributed by atoms with E-state index in [0.717, 1.165) is 0 Å². The molecule has 3 rings (SSSR count). The van der Waals surface area contributed by atoms with Crippen molar-refractivity contribution in [2.45, 2.75) is 31.3 Å². The summed E-state index contributed by atoms with van der Waals surface area (Å²) in [5.74, 6) is 0.0112. The highest BCUT2D eigenvalue weighted by Gasteiger charge is 2.20. The molecule has 0 bridgehead atoms. The number of fused-ring (bicyclic) bond motifs is 1. The molecule has 2 aromatic carbocycles. The fraction of sp³-hybridized carbons (Fsp3) is 0.318. The Kier molecular flexibility index (Phi) is 7.39. The summed E-state index contributed by atoms with van der Waals surface area (Å²) in [5, 5.41) is 0.470. The molecule has 0 aliphatic rings. The molecule has 3 aromatic rings. The Hall–Kier alpha value is -3.08. The summed E-state index contributed by atoms with van der Waals surface area (Å²) in [5.41, 5.74) is 0.572. The molecule has 2 N–H and O–H groups in total. The first-order valence-corrected chi connectivity index (χ1v) is 11.6. The van der Waals surface area contributed by atoms with Crippen LogP contribution in [0.5, 0.6) is 0 Å². The molecule has 10 heteroatoms. The van der Waals surface area contributed by atoms with Crippen LogP contribution in [-0.4, -0.2) is 55.5 Å². The van der Waals surface area contributed by atoms with Crippen LogP contribution in [0.3, 0.4) is 0 Å². The monoisotopic (exact) mass is 458 g/mol. The van der Waals surface area contributed by atoms with Crippen LogP contribution in [0.15, 0.2) is 58.2 Å². The number of aromatic nitrogens is 2. The number of H-pyrrole nitrogens is 1. The van der Waals surface area contributed by atoms with Crippen molar-refractivity contribution >= 4 is 26.8 Å². The lowest BCUT2D eigenvalue weighted by atomic mass is 10.2. The number of hydrogen-bond donors (Lipinski definition) is 2. The van der Waals surface area contributed by atoms with Gasteiger partial charge < -0.3 is 14.6 Å². The van der Waals surface area contributed by atoms with Crippen molar-refractivity contribution in [3.8, 4) is 0 Å². The topological polar surface area (TPSA) is 121 Å². The molecular formula is C22H26N4O5S. The number of methoxy groups -OCH3 is 1. The van der Waals surface area contributed by atoms with E-state index >= 15 is 0 Å². The Morgan fingerprint density at radius 3 is 2.50 bits per heavy atom. The summed E-state index contributed by atoms with van der Waals surface area (Å²) in [6.45, 7) is 4.08. The lowest BCUT2D eigenvalue weighted by molar-refractivity contribution is 0.0675. The van der Waals surface area contributed by atoms with Crippen LogP contribution in [0.25, 0.3) is 10.9 Å². The minimum Gasteiger partial charge on any atom is -0.383 e. The van der Waals surface area contributed by atoms with Gasteiger partial charge in [0.15, 0.2) is 0 Å². The number of hydrogen-bond acceptors (Lipinski definition) is 6. The van der Waals surface area contributed by atoms with E-state index in [0.29, 0.717) is 22.3 Å². The molecular weight excluding hydrogens is 432 g/mol. The van der Waals surface area contributed by atoms with E-state index in [-0.39, 0.29) is 42.1 Å². The summed E-state index contributed by atoms with van der Waals surface area (Å²) < 4.78 is 32.3. The van der Waals surface area contributed by atoms with E-state index in [4.69, 9.17) is 4.74 Å². The SMILES string of the molecule is COCCN(Cc1nc2ccccc2c(=O)[nH]1)C(=O)c1ccc(S(=O)(=O)NC(C)C)cc1. The van der Waals surface area contributed by atoms with Crippen LogP contribution in [-0.2, 0) is 21.3 Å². The third-order valence-electron chi connectivity index (χ3n) is 4.66. The number of rotatable bonds is 9. The van der Waals surface area contributed by atoms with Gasteiger partial charge >= 0.3 is 0 Å². The first-order chi connectivity index (χ1) is 15.2. The van der Waals surface area contributed by atoms with Gasteiger partial charge in [0, 0.05) is 25.3 Å². The third-order valence-corrected chi connectivity index (χ3v) is 6.33. The van der Waals surface area contributed by atoms with Crippen molar-refractivity contribution in [2.24, 2.45) is 0 Å². The standard InChI is InChI=1S/C22H26N4O5S/c1-15(2)25-32(29,30)17-10-8-16(9-11-17)22(28)26(12-13-31-3)14-20-23-19-7-5-4-6-18(19)21(27)24-20/h4-11,15,25H,12-14H2,1-3H3,(H,23,24,27). The first kappa shape index (κ1) is 23.6. The van der Waals surface area contributed by atoms with Gasteiger partial charge in [-0.1, -0.05) is 12.1 Å². The van der Waals surface area contributed by atoms with Crippen molar-refractivity contribution < 1.29 is 17.9 Å². The highest BCUT2D eigenvalue weighted by molar-refractivity contribution is 7.89. The molecule has 0 unspecified atom stereocenters. The van der Waals surface area contributed by atoms with E-state index < -0.39 is 10.0 Å². The molecule has 0 aliphatic heterocycles. The van der Waals surface area contributed by atoms with Gasteiger partial charge in [-0.15, -0.1) is 0 Å². The van der Waals surface area contributed by atoms with Crippen molar-refractivity contribution in [1.29, 1.82) is 0 Å². The van der Waals surface area contributed by atoms with Gasteiger partial charge in [0.2, 0.25) is 10.0 Å². The third kappa shape index (κ3) is 5.58. The maximum atomic E-state index is 13.1. The molecule has 0 atom stereocenters. The highest BCUT2D eigenvalue weighted by Crippen LogP contribution is 2.14. The number of amides is 1. The average Bonchev–Trinajstić information content (AvgIpc) is 2.75. The maximum Gasteiger partial charge on any atom is 0.258 e. The van der Waals surface area contributed by atoms with Crippen LogP contribution < -0.4 is 10.3 Å². The summed E-state index contributed by atoms with van der Waals surface area (Å²) in [7, 11) is -2.13. The summed E-state index contributed by atoms with van der Waals surface area (Å²) in [6.07, 6.45) is 0. The number of nitrogens with one attached hydrogen (secondary N) is 2. The molecule has 0 saturated carbocycles. The summed E-state index contributed by atoms with van der Waals surface area (Å²) in [6, 6.07) is 12.4. The zero-order valence-corrected chi connectivity index (χ0v) is 19.0. The average molecular weight is 459 g/mol. The number of benzene rings is 2. The largest absolute Gasteiger partial charge is 0.383 e. The zero-order chi connectivity index (χ0) is 23.3. The van der Waals surface area contributed by atoms with Crippen LogP contribution >= 0.6 is 0 Å². The van der Waals surface area contributed by atoms with E-state index in [1.807, 2.05) is 0 Å². The van der Waals surface area contributed by atoms with Gasteiger partial charge in [-0.2, -0.15) is 0 Å². The fourth-order valence-electron chi connectivity index (χ4n) is 3.18. The van der Waals surface area contributed by atoms with Gasteiger partial charge in [0.1, 0.15) is 5.82 Å². The first-order valence-electron chi connectivity index (χ1n) is 10.1. The highest BCUT2D eigenvalue weighted by atomic mass is 32.2. The van der Waals surface area contributed by atoms with Crippen LogP contribution in [0.1, 0.15) is 30.0 Å². The Morgan fingerprint density at radius 2 is 1.84 bits per heavy atom. The normalized spacial score (nSPS) is 11.8. The van der Waals surface area contributed by atoms with Gasteiger partial charge in [-0.3, -0.25) is 9.59 Å². The van der Waals surface area contributed by atoms with Gasteiger partial charge in [0.25, 0.3) is 11.5 Å². The maximum absolute atomic E-state index is 13.1. The molecule has 0 aliphatic carbocycles. The van der Waals surface area contributed by atoms with Crippen LogP contribution in [0.4, 0.5) is 0 Å². The second-order valence-corrected chi connectivity index (χ2v) is 9.26. The predicted octanol–water partition coefficient (Wildman–Crippen LogP) is 1.90. The van der Waals surface area contributed by atoms with Crippen molar-refractivity contribution in [2.75, 3.05) is 20.3 Å². The molecule has 1 aromatic heterocycles. The van der Waals surface area contributed by atoms with Crippen molar-refractivity contribution in [3.63, 3.8) is 0 Å². The molecule has 9 nitrogen and oxygen atoms in total. The van der Waals surface area contributed by atoms with Gasteiger partial charge in [0.05, 0.1) is 29.0 Å². The number of ether oxygens (including phenoxy) is 1. The summed E-state index contributed by atoms with van der Waals surface area (Å²) >= 11 is 0. The lowest BCUT2D eigenvalue weighted by Crippen LogP contribution is -2.35. The van der Waals surface area contributed by atoms with E-state index in [9.17, 15) is 18.0 Å². The Morgan fingerprint density at radius 1 is 1.16 bits per heavy atom. The Balaban J connectivity index is 1.86. The molecule has 1 amide bonds. The smallest absolute Gasteiger partial charge is 0.258 e. The quantitative estimate of drug-likeness (QED) is 0.505. The van der Waals surface area contributed by atoms with Gasteiger partial charge in [-0.05, 0) is 50.2 Å². The zero-order valence-electron chi connectivity index (χ0n) is 18.2. The summed E-state index contributed by atoms with van der Waals surface area (Å²) in [4.78, 5) is 34.2. The fourth-order valence-corrected chi connectivity index (χ4v) is 4.43. The molecule has 32 heavy (non-hydrogen) atoms. The minimum absolute atomic E-state index is 0.0667. The van der Waals surface area contributed by atoms with Crippen molar-refractivity contribution in [1.82, 2.24) is 19.6 Å². The van der Waals surface area contributed by atoms with E-state index in [2.05, 4.69) is 14.7 Å². The molecule has 0 radical (unpaired) electrons. The number of carbonyl (C=O) groups excluding carboxylic acids is 1. The van der Waals surface area contributed by atoms with Gasteiger partial charge in [-0.25, -0.2) is 18.1 Å². The number of aromatic amines is 1. The van der Waals surface area contributed by atoms with E-state index in [1.165, 1.54) is 36.3 Å². The predicted molar refractivity (Wildman–Crippen MR) is 121 cm³/mol. The molecule has 170 valence electrons. The second kappa shape index (κ2) is 10.0. The van der Waals surface area contributed by atoms with Crippen LogP contribution in [0, 0.1) is 0 Å². The van der Waals surface area contributed by atoms with Crippen LogP contribution in [0.2, 0.25) is 0 Å². The number of para-hydroxylation sites is 1. The number of carbonyl (C=O) groups is 1. The minimum atomic E-state index is -3.66. The Labute approximate surface area is 186 Å². The van der Waals surface area contributed by atoms with Crippen molar-refractivity contribution in [3.05, 3.63) is 70.3 Å².